The minimum absolute atomic E-state index is 0.0514. The van der Waals surface area contributed by atoms with Crippen molar-refractivity contribution in [3.05, 3.63) is 35.9 Å². The lowest BCUT2D eigenvalue weighted by Crippen LogP contribution is -2.47. The van der Waals surface area contributed by atoms with Crippen LogP contribution in [0.15, 0.2) is 30.3 Å². The van der Waals surface area contributed by atoms with E-state index in [0.29, 0.717) is 30.6 Å². The smallest absolute Gasteiger partial charge is 0.223 e. The van der Waals surface area contributed by atoms with Gasteiger partial charge in [-0.15, -0.1) is 0 Å². The number of rotatable bonds is 6. The molecule has 0 radical (unpaired) electrons. The molecule has 2 saturated carbocycles. The summed E-state index contributed by atoms with van der Waals surface area (Å²) in [7, 11) is 0. The number of nitrogens with zero attached hydrogens (tertiary/aromatic N) is 1. The first kappa shape index (κ1) is 20.6. The van der Waals surface area contributed by atoms with Crippen molar-refractivity contribution in [2.24, 2.45) is 11.8 Å². The summed E-state index contributed by atoms with van der Waals surface area (Å²) in [5.41, 5.74) is 1.50. The van der Waals surface area contributed by atoms with E-state index < -0.39 is 0 Å². The molecule has 2 aliphatic carbocycles. The molecular weight excluding hydrogens is 360 g/mol. The fraction of sp³-hybridized carbons (Fsp3) is 0.680. The maximum absolute atomic E-state index is 12.6. The van der Waals surface area contributed by atoms with Crippen LogP contribution in [0.25, 0.3) is 0 Å². The largest absolute Gasteiger partial charge is 0.353 e. The van der Waals surface area contributed by atoms with Crippen LogP contribution in [0.4, 0.5) is 0 Å². The van der Waals surface area contributed by atoms with Gasteiger partial charge in [0.1, 0.15) is 5.78 Å². The highest BCUT2D eigenvalue weighted by molar-refractivity contribution is 5.84. The third-order valence-corrected chi connectivity index (χ3v) is 7.50. The van der Waals surface area contributed by atoms with Crippen LogP contribution in [0.1, 0.15) is 75.7 Å². The molecule has 0 spiro atoms. The van der Waals surface area contributed by atoms with Crippen molar-refractivity contribution in [1.29, 1.82) is 0 Å². The number of hydrogen-bond acceptors (Lipinski definition) is 3. The summed E-state index contributed by atoms with van der Waals surface area (Å²) in [6.45, 7) is 3.30. The van der Waals surface area contributed by atoms with Crippen LogP contribution >= 0.6 is 0 Å². The number of carbonyl (C=O) groups excluding carboxylic acids is 2. The summed E-state index contributed by atoms with van der Waals surface area (Å²) in [5, 5.41) is 3.29. The molecule has 3 aliphatic rings. The van der Waals surface area contributed by atoms with Crippen molar-refractivity contribution >= 4 is 11.7 Å². The quantitative estimate of drug-likeness (QED) is 0.780. The summed E-state index contributed by atoms with van der Waals surface area (Å²) >= 11 is 0. The van der Waals surface area contributed by atoms with Crippen LogP contribution in [-0.4, -0.2) is 42.3 Å². The van der Waals surface area contributed by atoms with Crippen molar-refractivity contribution in [3.63, 3.8) is 0 Å². The Kier molecular flexibility index (Phi) is 7.02. The van der Waals surface area contributed by atoms with Gasteiger partial charge in [-0.3, -0.25) is 9.59 Å². The summed E-state index contributed by atoms with van der Waals surface area (Å²) in [6, 6.07) is 11.4. The standard InChI is InChI=1S/C25H36N2O2/c28-23-12-10-21(11-13-23)25(29)26-22-14-16-27(17-15-22)18-24(20-8-4-5-9-20)19-6-2-1-3-7-19/h1-3,6-7,20-22,24H,4-5,8-18H2,(H,26,29). The van der Waals surface area contributed by atoms with E-state index in [4.69, 9.17) is 0 Å². The average Bonchev–Trinajstić information content (AvgIpc) is 3.29. The number of hydrogen-bond donors (Lipinski definition) is 1. The van der Waals surface area contributed by atoms with E-state index in [-0.39, 0.29) is 11.8 Å². The number of carbonyl (C=O) groups is 2. The second-order valence-electron chi connectivity index (χ2n) is 9.46. The second kappa shape index (κ2) is 9.88. The van der Waals surface area contributed by atoms with Crippen LogP contribution in [0.5, 0.6) is 0 Å². The van der Waals surface area contributed by atoms with E-state index in [9.17, 15) is 9.59 Å². The molecule has 1 heterocycles. The third-order valence-electron chi connectivity index (χ3n) is 7.50. The van der Waals surface area contributed by atoms with Crippen molar-refractivity contribution in [1.82, 2.24) is 10.2 Å². The Labute approximate surface area is 175 Å². The molecule has 4 rings (SSSR count). The number of benzene rings is 1. The van der Waals surface area contributed by atoms with Gasteiger partial charge in [-0.1, -0.05) is 43.2 Å². The molecule has 1 unspecified atom stereocenters. The molecule has 1 aliphatic heterocycles. The van der Waals surface area contributed by atoms with Crippen LogP contribution in [-0.2, 0) is 9.59 Å². The highest BCUT2D eigenvalue weighted by atomic mass is 16.2. The molecule has 1 aromatic carbocycles. The minimum atomic E-state index is 0.0514. The monoisotopic (exact) mass is 396 g/mol. The molecule has 1 atom stereocenters. The van der Waals surface area contributed by atoms with E-state index in [1.807, 2.05) is 0 Å². The molecule has 0 bridgehead atoms. The Morgan fingerprint density at radius 3 is 2.28 bits per heavy atom. The maximum atomic E-state index is 12.6. The normalized spacial score (nSPS) is 23.9. The molecule has 1 amide bonds. The molecule has 1 N–H and O–H groups in total. The van der Waals surface area contributed by atoms with Gasteiger partial charge >= 0.3 is 0 Å². The van der Waals surface area contributed by atoms with Gasteiger partial charge in [0.25, 0.3) is 0 Å². The van der Waals surface area contributed by atoms with E-state index in [1.54, 1.807) is 0 Å². The number of Topliss-reactive ketones (excluding diaryl/α,β-unsaturated/α-hetero) is 1. The first-order chi connectivity index (χ1) is 14.2. The highest BCUT2D eigenvalue weighted by Crippen LogP contribution is 2.38. The molecule has 1 saturated heterocycles. The van der Waals surface area contributed by atoms with Crippen LogP contribution < -0.4 is 5.32 Å². The summed E-state index contributed by atoms with van der Waals surface area (Å²) in [6.07, 6.45) is 10.2. The van der Waals surface area contributed by atoms with Gasteiger partial charge in [0.15, 0.2) is 0 Å². The van der Waals surface area contributed by atoms with E-state index in [2.05, 4.69) is 40.5 Å². The fourth-order valence-corrected chi connectivity index (χ4v) is 5.65. The fourth-order valence-electron chi connectivity index (χ4n) is 5.65. The van der Waals surface area contributed by atoms with Gasteiger partial charge in [-0.2, -0.15) is 0 Å². The molecule has 3 fully saturated rings. The molecule has 29 heavy (non-hydrogen) atoms. The summed E-state index contributed by atoms with van der Waals surface area (Å²) in [4.78, 5) is 26.6. The van der Waals surface area contributed by atoms with Crippen molar-refractivity contribution in [3.8, 4) is 0 Å². The predicted octanol–water partition coefficient (Wildman–Crippen LogP) is 4.30. The van der Waals surface area contributed by atoms with Crippen molar-refractivity contribution in [2.45, 2.75) is 76.2 Å². The van der Waals surface area contributed by atoms with Crippen LogP contribution in [0, 0.1) is 11.8 Å². The van der Waals surface area contributed by atoms with Gasteiger partial charge < -0.3 is 10.2 Å². The molecule has 158 valence electrons. The topological polar surface area (TPSA) is 49.4 Å². The van der Waals surface area contributed by atoms with Gasteiger partial charge in [-0.05, 0) is 55.9 Å². The SMILES string of the molecule is O=C1CCC(C(=O)NC2CCN(CC(c3ccccc3)C3CCCC3)CC2)CC1. The van der Waals surface area contributed by atoms with Crippen molar-refractivity contribution in [2.75, 3.05) is 19.6 Å². The first-order valence-corrected chi connectivity index (χ1v) is 11.8. The first-order valence-electron chi connectivity index (χ1n) is 11.8. The lowest BCUT2D eigenvalue weighted by atomic mass is 9.84. The molecule has 1 aromatic rings. The zero-order chi connectivity index (χ0) is 20.1. The van der Waals surface area contributed by atoms with Gasteiger partial charge in [0.05, 0.1) is 0 Å². The lowest BCUT2D eigenvalue weighted by molar-refractivity contribution is -0.129. The predicted molar refractivity (Wildman–Crippen MR) is 116 cm³/mol. The Balaban J connectivity index is 1.27. The van der Waals surface area contributed by atoms with Crippen LogP contribution in [0.2, 0.25) is 0 Å². The number of likely N-dealkylation sites (tertiary alicyclic amines) is 1. The molecule has 0 aromatic heterocycles. The zero-order valence-corrected chi connectivity index (χ0v) is 17.7. The average molecular weight is 397 g/mol. The van der Waals surface area contributed by atoms with Gasteiger partial charge in [0, 0.05) is 44.4 Å². The van der Waals surface area contributed by atoms with Gasteiger partial charge in [0.2, 0.25) is 5.91 Å². The number of piperidine rings is 1. The third kappa shape index (κ3) is 5.48. The maximum Gasteiger partial charge on any atom is 0.223 e. The van der Waals surface area contributed by atoms with Crippen molar-refractivity contribution < 1.29 is 9.59 Å². The Bertz CT molecular complexity index is 665. The number of amides is 1. The highest BCUT2D eigenvalue weighted by Gasteiger charge is 2.31. The molecular formula is C25H36N2O2. The van der Waals surface area contributed by atoms with E-state index in [1.165, 1.54) is 31.2 Å². The Hall–Kier alpha value is -1.68. The molecule has 4 nitrogen and oxygen atoms in total. The Morgan fingerprint density at radius 1 is 0.966 bits per heavy atom. The minimum Gasteiger partial charge on any atom is -0.353 e. The van der Waals surface area contributed by atoms with E-state index in [0.717, 1.165) is 51.2 Å². The molecule has 4 heteroatoms. The van der Waals surface area contributed by atoms with Crippen LogP contribution in [0.3, 0.4) is 0 Å². The van der Waals surface area contributed by atoms with E-state index >= 15 is 0 Å². The summed E-state index contributed by atoms with van der Waals surface area (Å²) in [5.74, 6) is 2.02. The lowest BCUT2D eigenvalue weighted by Gasteiger charge is -2.37. The zero-order valence-electron chi connectivity index (χ0n) is 17.7. The number of nitrogens with one attached hydrogen (secondary N) is 1. The Morgan fingerprint density at radius 2 is 1.62 bits per heavy atom. The van der Waals surface area contributed by atoms with Gasteiger partial charge in [-0.25, -0.2) is 0 Å². The number of ketones is 1. The second-order valence-corrected chi connectivity index (χ2v) is 9.46. The summed E-state index contributed by atoms with van der Waals surface area (Å²) < 4.78 is 0.